The number of hydrogen-bond donors (Lipinski definition) is 0. The summed E-state index contributed by atoms with van der Waals surface area (Å²) in [5.41, 5.74) is 4.92. The molecule has 0 N–H and O–H groups in total. The molecule has 8 heteroatoms. The Hall–Kier alpha value is -3.65. The summed E-state index contributed by atoms with van der Waals surface area (Å²) in [5.74, 6) is 1.26. The number of nitrogens with zero attached hydrogens (tertiary/aromatic N) is 3. The van der Waals surface area contributed by atoms with E-state index >= 15 is 0 Å². The van der Waals surface area contributed by atoms with Gasteiger partial charge in [-0.3, -0.25) is 9.59 Å². The van der Waals surface area contributed by atoms with Crippen molar-refractivity contribution in [3.8, 4) is 5.75 Å². The van der Waals surface area contributed by atoms with Crippen molar-refractivity contribution < 1.29 is 23.5 Å². The van der Waals surface area contributed by atoms with Crippen molar-refractivity contribution in [3.63, 3.8) is 0 Å². The molecule has 2 aromatic carbocycles. The van der Waals surface area contributed by atoms with Crippen LogP contribution in [0.25, 0.3) is 0 Å². The van der Waals surface area contributed by atoms with E-state index in [1.807, 2.05) is 6.07 Å². The molecule has 2 aliphatic heterocycles. The summed E-state index contributed by atoms with van der Waals surface area (Å²) in [6.45, 7) is 5.07. The van der Waals surface area contributed by atoms with Crippen LogP contribution in [0.3, 0.4) is 0 Å². The lowest BCUT2D eigenvalue weighted by molar-refractivity contribution is -0.137. The number of carbonyl (C=O) groups is 2. The van der Waals surface area contributed by atoms with E-state index in [1.165, 1.54) is 17.4 Å². The molecule has 0 bridgehead atoms. The van der Waals surface area contributed by atoms with E-state index in [1.54, 1.807) is 4.90 Å². The molecule has 1 saturated heterocycles. The smallest absolute Gasteiger partial charge is 0.275 e. The van der Waals surface area contributed by atoms with Gasteiger partial charge in [0.2, 0.25) is 11.8 Å². The molecule has 6 rings (SSSR count). The Balaban J connectivity index is 1.22. The molecule has 1 atom stereocenters. The number of fused-ring (bicyclic) bond motifs is 1. The van der Waals surface area contributed by atoms with E-state index < -0.39 is 0 Å². The SMILES string of the molecule is Cc1ccc(C2c3cc(OCc4nc(C(=O)N5CCOCC5)co4)ccc3CCN2C(=O)C2CCCC2)cc1. The maximum absolute atomic E-state index is 13.7. The van der Waals surface area contributed by atoms with Gasteiger partial charge in [0.1, 0.15) is 12.0 Å². The fourth-order valence-corrected chi connectivity index (χ4v) is 5.98. The van der Waals surface area contributed by atoms with Gasteiger partial charge in [0.15, 0.2) is 12.3 Å². The standard InChI is InChI=1S/C31H35N3O5/c1-21-6-8-23(9-7-21)29-26-18-25(11-10-22(26)12-13-34(29)30(35)24-4-2-3-5-24)38-20-28-32-27(19-39-28)31(36)33-14-16-37-17-15-33/h6-11,18-19,24,29H,2-5,12-17,20H2,1H3. The highest BCUT2D eigenvalue weighted by Crippen LogP contribution is 2.40. The van der Waals surface area contributed by atoms with E-state index in [0.717, 1.165) is 49.8 Å². The molecular weight excluding hydrogens is 494 g/mol. The van der Waals surface area contributed by atoms with Gasteiger partial charge in [-0.15, -0.1) is 0 Å². The maximum atomic E-state index is 13.7. The molecule has 0 spiro atoms. The second-order valence-corrected chi connectivity index (χ2v) is 10.8. The number of amides is 2. The van der Waals surface area contributed by atoms with Crippen LogP contribution in [0, 0.1) is 12.8 Å². The van der Waals surface area contributed by atoms with Crippen molar-refractivity contribution in [2.75, 3.05) is 32.8 Å². The summed E-state index contributed by atoms with van der Waals surface area (Å²) in [6, 6.07) is 14.5. The minimum atomic E-state index is -0.157. The average Bonchev–Trinajstić information content (AvgIpc) is 3.69. The second kappa shape index (κ2) is 11.2. The maximum Gasteiger partial charge on any atom is 0.275 e. The molecule has 2 amide bonds. The van der Waals surface area contributed by atoms with E-state index in [4.69, 9.17) is 13.9 Å². The van der Waals surface area contributed by atoms with E-state index in [2.05, 4.69) is 53.2 Å². The quantitative estimate of drug-likeness (QED) is 0.460. The van der Waals surface area contributed by atoms with Crippen LogP contribution in [0.2, 0.25) is 0 Å². The summed E-state index contributed by atoms with van der Waals surface area (Å²) in [6.07, 6.45) is 6.45. The zero-order valence-electron chi connectivity index (χ0n) is 22.4. The number of aromatic nitrogens is 1. The largest absolute Gasteiger partial charge is 0.484 e. The molecule has 1 saturated carbocycles. The summed E-state index contributed by atoms with van der Waals surface area (Å²) in [5, 5.41) is 0. The van der Waals surface area contributed by atoms with Gasteiger partial charge in [0.25, 0.3) is 5.91 Å². The van der Waals surface area contributed by atoms with Crippen LogP contribution in [0.1, 0.15) is 70.4 Å². The fraction of sp³-hybridized carbons (Fsp3) is 0.452. The first-order chi connectivity index (χ1) is 19.1. The third kappa shape index (κ3) is 5.43. The number of benzene rings is 2. The highest BCUT2D eigenvalue weighted by Gasteiger charge is 2.36. The Morgan fingerprint density at radius 1 is 1.03 bits per heavy atom. The third-order valence-corrected chi connectivity index (χ3v) is 8.16. The number of carbonyl (C=O) groups excluding carboxylic acids is 2. The number of hydrogen-bond acceptors (Lipinski definition) is 6. The van der Waals surface area contributed by atoms with Crippen molar-refractivity contribution in [1.29, 1.82) is 0 Å². The molecule has 8 nitrogen and oxygen atoms in total. The van der Waals surface area contributed by atoms with Crippen LogP contribution >= 0.6 is 0 Å². The Bertz CT molecular complexity index is 1320. The molecule has 39 heavy (non-hydrogen) atoms. The van der Waals surface area contributed by atoms with E-state index in [0.29, 0.717) is 37.9 Å². The lowest BCUT2D eigenvalue weighted by atomic mass is 9.86. The van der Waals surface area contributed by atoms with Gasteiger partial charge < -0.3 is 23.7 Å². The molecule has 3 aromatic rings. The van der Waals surface area contributed by atoms with Gasteiger partial charge in [-0.2, -0.15) is 0 Å². The summed E-state index contributed by atoms with van der Waals surface area (Å²) in [4.78, 5) is 34.5. The first-order valence-corrected chi connectivity index (χ1v) is 14.0. The van der Waals surface area contributed by atoms with Crippen LogP contribution < -0.4 is 4.74 Å². The lowest BCUT2D eigenvalue weighted by Crippen LogP contribution is -2.43. The van der Waals surface area contributed by atoms with Crippen molar-refractivity contribution in [2.45, 2.75) is 51.7 Å². The molecule has 204 valence electrons. The normalized spacial score (nSPS) is 19.7. The molecule has 3 heterocycles. The summed E-state index contributed by atoms with van der Waals surface area (Å²) >= 11 is 0. The molecule has 2 fully saturated rings. The molecular formula is C31H35N3O5. The van der Waals surface area contributed by atoms with Crippen LogP contribution in [0.15, 0.2) is 53.1 Å². The van der Waals surface area contributed by atoms with Gasteiger partial charge in [-0.1, -0.05) is 48.7 Å². The zero-order chi connectivity index (χ0) is 26.8. The predicted molar refractivity (Wildman–Crippen MR) is 144 cm³/mol. The summed E-state index contributed by atoms with van der Waals surface area (Å²) in [7, 11) is 0. The lowest BCUT2D eigenvalue weighted by Gasteiger charge is -2.39. The van der Waals surface area contributed by atoms with Gasteiger partial charge >= 0.3 is 0 Å². The van der Waals surface area contributed by atoms with Gasteiger partial charge in [0.05, 0.1) is 19.3 Å². The average molecular weight is 530 g/mol. The van der Waals surface area contributed by atoms with Crippen molar-refractivity contribution in [3.05, 3.63) is 82.6 Å². The molecule has 0 radical (unpaired) electrons. The molecule has 1 aliphatic carbocycles. The van der Waals surface area contributed by atoms with Crippen molar-refractivity contribution >= 4 is 11.8 Å². The zero-order valence-corrected chi connectivity index (χ0v) is 22.4. The Morgan fingerprint density at radius 3 is 2.56 bits per heavy atom. The summed E-state index contributed by atoms with van der Waals surface area (Å²) < 4.78 is 17.0. The van der Waals surface area contributed by atoms with Crippen LogP contribution in [0.4, 0.5) is 0 Å². The number of ether oxygens (including phenoxy) is 2. The molecule has 3 aliphatic rings. The fourth-order valence-electron chi connectivity index (χ4n) is 5.98. The Kier molecular flexibility index (Phi) is 7.37. The third-order valence-electron chi connectivity index (χ3n) is 8.16. The highest BCUT2D eigenvalue weighted by molar-refractivity contribution is 5.92. The Morgan fingerprint density at radius 2 is 1.79 bits per heavy atom. The molecule has 1 aromatic heterocycles. The van der Waals surface area contributed by atoms with E-state index in [-0.39, 0.29) is 36.1 Å². The van der Waals surface area contributed by atoms with Gasteiger partial charge in [0, 0.05) is 25.6 Å². The van der Waals surface area contributed by atoms with Crippen molar-refractivity contribution in [1.82, 2.24) is 14.8 Å². The monoisotopic (exact) mass is 529 g/mol. The van der Waals surface area contributed by atoms with Crippen LogP contribution in [-0.2, 0) is 22.6 Å². The highest BCUT2D eigenvalue weighted by atomic mass is 16.5. The number of aryl methyl sites for hydroxylation is 1. The minimum absolute atomic E-state index is 0.106. The minimum Gasteiger partial charge on any atom is -0.484 e. The second-order valence-electron chi connectivity index (χ2n) is 10.8. The number of morpholine rings is 1. The van der Waals surface area contributed by atoms with Crippen LogP contribution in [0.5, 0.6) is 5.75 Å². The van der Waals surface area contributed by atoms with Crippen molar-refractivity contribution in [2.24, 2.45) is 5.92 Å². The first kappa shape index (κ1) is 25.6. The number of rotatable bonds is 6. The predicted octanol–water partition coefficient (Wildman–Crippen LogP) is 4.70. The van der Waals surface area contributed by atoms with Gasteiger partial charge in [-0.05, 0) is 55.0 Å². The van der Waals surface area contributed by atoms with Gasteiger partial charge in [-0.25, -0.2) is 4.98 Å². The number of oxazole rings is 1. The first-order valence-electron chi connectivity index (χ1n) is 14.0. The molecule has 1 unspecified atom stereocenters. The van der Waals surface area contributed by atoms with E-state index in [9.17, 15) is 9.59 Å². The topological polar surface area (TPSA) is 85.1 Å². The van der Waals surface area contributed by atoms with Crippen LogP contribution in [-0.4, -0.2) is 59.4 Å². The Labute approximate surface area is 228 Å².